The molecule has 0 spiro atoms. The summed E-state index contributed by atoms with van der Waals surface area (Å²) in [5.74, 6) is 2.09. The minimum atomic E-state index is -0.404. The summed E-state index contributed by atoms with van der Waals surface area (Å²) in [4.78, 5) is 36.9. The predicted octanol–water partition coefficient (Wildman–Crippen LogP) is 4.59. The maximum atomic E-state index is 12.6. The minimum Gasteiger partial charge on any atom is -0.459 e. The van der Waals surface area contributed by atoms with E-state index in [1.165, 1.54) is 13.2 Å². The van der Waals surface area contributed by atoms with Gasteiger partial charge in [-0.2, -0.15) is 0 Å². The second-order valence-electron chi connectivity index (χ2n) is 10.9. The molecule has 28 heavy (non-hydrogen) atoms. The molecule has 0 aromatic rings. The van der Waals surface area contributed by atoms with Gasteiger partial charge in [-0.05, 0) is 75.0 Å². The maximum Gasteiger partial charge on any atom is 0.303 e. The van der Waals surface area contributed by atoms with Crippen LogP contribution in [0.15, 0.2) is 0 Å². The van der Waals surface area contributed by atoms with Crippen LogP contribution in [-0.2, 0) is 19.1 Å². The van der Waals surface area contributed by atoms with E-state index in [4.69, 9.17) is 4.74 Å². The van der Waals surface area contributed by atoms with Gasteiger partial charge in [-0.15, -0.1) is 0 Å². The normalized spacial score (nSPS) is 53.0. The van der Waals surface area contributed by atoms with Crippen molar-refractivity contribution in [2.24, 2.45) is 46.3 Å². The molecule has 0 radical (unpaired) electrons. The van der Waals surface area contributed by atoms with Crippen LogP contribution in [0, 0.1) is 46.3 Å². The Balaban J connectivity index is 1.71. The molecule has 4 nitrogen and oxygen atoms in total. The standard InChI is InChI=1S/C24H36O4/c1-14-12-17-18-7-10-23(5,28-16(3)26)22(18,4)9-6-19(17)24(13-25)11-8-20(27)15(2)21(14)24/h13-15,17-19,21H,6-12H2,1-5H3/t14-,15?,17-,18-,19-,21-,22-,23-,24-/m0/s1. The van der Waals surface area contributed by atoms with Gasteiger partial charge in [0.15, 0.2) is 0 Å². The molecule has 4 aliphatic carbocycles. The molecule has 0 aromatic heterocycles. The Morgan fingerprint density at radius 2 is 1.79 bits per heavy atom. The van der Waals surface area contributed by atoms with E-state index in [-0.39, 0.29) is 28.6 Å². The average Bonchev–Trinajstić information content (AvgIpc) is 2.88. The second kappa shape index (κ2) is 6.40. The molecule has 0 bridgehead atoms. The van der Waals surface area contributed by atoms with Crippen LogP contribution in [0.4, 0.5) is 0 Å². The fourth-order valence-corrected chi connectivity index (χ4v) is 8.65. The number of Topliss-reactive ketones (excluding diaryl/α,β-unsaturated/α-hetero) is 1. The Bertz CT molecular complexity index is 701. The molecule has 4 fully saturated rings. The zero-order valence-electron chi connectivity index (χ0n) is 18.1. The molecule has 4 heteroatoms. The maximum absolute atomic E-state index is 12.6. The van der Waals surface area contributed by atoms with Crippen molar-refractivity contribution in [3.63, 3.8) is 0 Å². The SMILES string of the molecule is CC(=O)O[C@@]1(C)CC[C@H]2[C@@H]3C[C@H](C)[C@H]4C(C)C(=O)CC[C@]4(C=O)[C@H]3CC[C@@]21C. The first-order valence-corrected chi connectivity index (χ1v) is 11.3. The lowest BCUT2D eigenvalue weighted by Crippen LogP contribution is -2.61. The second-order valence-corrected chi connectivity index (χ2v) is 10.9. The fraction of sp³-hybridized carbons (Fsp3) is 0.875. The molecule has 0 aliphatic heterocycles. The first-order valence-electron chi connectivity index (χ1n) is 11.3. The van der Waals surface area contributed by atoms with Crippen molar-refractivity contribution in [3.05, 3.63) is 0 Å². The Morgan fingerprint density at radius 1 is 1.11 bits per heavy atom. The highest BCUT2D eigenvalue weighted by atomic mass is 16.6. The van der Waals surface area contributed by atoms with Crippen LogP contribution in [0.3, 0.4) is 0 Å². The first kappa shape index (κ1) is 20.1. The number of ether oxygens (including phenoxy) is 1. The van der Waals surface area contributed by atoms with Crippen molar-refractivity contribution in [1.29, 1.82) is 0 Å². The highest BCUT2D eigenvalue weighted by Crippen LogP contribution is 2.69. The number of ketones is 1. The number of carbonyl (C=O) groups is 3. The zero-order chi connectivity index (χ0) is 20.5. The van der Waals surface area contributed by atoms with E-state index in [9.17, 15) is 14.4 Å². The van der Waals surface area contributed by atoms with Crippen LogP contribution < -0.4 is 0 Å². The molecule has 9 atom stereocenters. The summed E-state index contributed by atoms with van der Waals surface area (Å²) in [6, 6.07) is 0. The third-order valence-electron chi connectivity index (χ3n) is 9.97. The fourth-order valence-electron chi connectivity index (χ4n) is 8.65. The lowest BCUT2D eigenvalue weighted by atomic mass is 9.41. The monoisotopic (exact) mass is 388 g/mol. The molecule has 4 aliphatic rings. The van der Waals surface area contributed by atoms with Crippen LogP contribution in [0.1, 0.15) is 79.6 Å². The van der Waals surface area contributed by atoms with Gasteiger partial charge in [0.2, 0.25) is 0 Å². The van der Waals surface area contributed by atoms with E-state index in [1.54, 1.807) is 0 Å². The van der Waals surface area contributed by atoms with Gasteiger partial charge < -0.3 is 9.53 Å². The van der Waals surface area contributed by atoms with E-state index >= 15 is 0 Å². The van der Waals surface area contributed by atoms with E-state index in [2.05, 4.69) is 27.7 Å². The summed E-state index contributed by atoms with van der Waals surface area (Å²) >= 11 is 0. The number of hydrogen-bond donors (Lipinski definition) is 0. The van der Waals surface area contributed by atoms with Gasteiger partial charge in [-0.1, -0.05) is 20.8 Å². The van der Waals surface area contributed by atoms with Crippen molar-refractivity contribution in [3.8, 4) is 0 Å². The first-order chi connectivity index (χ1) is 13.1. The van der Waals surface area contributed by atoms with Crippen molar-refractivity contribution >= 4 is 18.0 Å². The van der Waals surface area contributed by atoms with Gasteiger partial charge in [0.05, 0.1) is 0 Å². The highest BCUT2D eigenvalue weighted by molar-refractivity contribution is 5.84. The lowest BCUT2D eigenvalue weighted by Gasteiger charge is -2.62. The average molecular weight is 389 g/mol. The molecular weight excluding hydrogens is 352 g/mol. The molecule has 4 rings (SSSR count). The molecule has 0 saturated heterocycles. The van der Waals surface area contributed by atoms with Crippen LogP contribution in [0.2, 0.25) is 0 Å². The molecule has 0 amide bonds. The number of aldehydes is 1. The number of carbonyl (C=O) groups excluding carboxylic acids is 3. The third-order valence-corrected chi connectivity index (χ3v) is 9.97. The summed E-state index contributed by atoms with van der Waals surface area (Å²) in [7, 11) is 0. The van der Waals surface area contributed by atoms with Gasteiger partial charge in [0.25, 0.3) is 0 Å². The van der Waals surface area contributed by atoms with Gasteiger partial charge in [0, 0.05) is 30.1 Å². The Labute approximate surface area is 169 Å². The summed E-state index contributed by atoms with van der Waals surface area (Å²) in [5, 5.41) is 0. The molecule has 0 aromatic carbocycles. The van der Waals surface area contributed by atoms with E-state index in [0.717, 1.165) is 38.5 Å². The summed E-state index contributed by atoms with van der Waals surface area (Å²) in [6.07, 6.45) is 7.65. The summed E-state index contributed by atoms with van der Waals surface area (Å²) in [5.41, 5.74) is -0.761. The van der Waals surface area contributed by atoms with Crippen molar-refractivity contribution < 1.29 is 19.1 Å². The number of rotatable bonds is 2. The van der Waals surface area contributed by atoms with Crippen LogP contribution in [-0.4, -0.2) is 23.6 Å². The Kier molecular flexibility index (Phi) is 4.60. The van der Waals surface area contributed by atoms with E-state index in [1.807, 2.05) is 0 Å². The van der Waals surface area contributed by atoms with Gasteiger partial charge >= 0.3 is 5.97 Å². The smallest absolute Gasteiger partial charge is 0.303 e. The third kappa shape index (κ3) is 2.45. The van der Waals surface area contributed by atoms with Gasteiger partial charge in [0.1, 0.15) is 17.7 Å². The molecular formula is C24H36O4. The van der Waals surface area contributed by atoms with Crippen LogP contribution in [0.5, 0.6) is 0 Å². The Morgan fingerprint density at radius 3 is 2.43 bits per heavy atom. The lowest BCUT2D eigenvalue weighted by molar-refractivity contribution is -0.190. The van der Waals surface area contributed by atoms with Crippen LogP contribution >= 0.6 is 0 Å². The van der Waals surface area contributed by atoms with Crippen molar-refractivity contribution in [1.82, 2.24) is 0 Å². The topological polar surface area (TPSA) is 60.4 Å². The zero-order valence-corrected chi connectivity index (χ0v) is 18.1. The summed E-state index contributed by atoms with van der Waals surface area (Å²) in [6.45, 7) is 10.3. The summed E-state index contributed by atoms with van der Waals surface area (Å²) < 4.78 is 5.91. The van der Waals surface area contributed by atoms with Crippen LogP contribution in [0.25, 0.3) is 0 Å². The largest absolute Gasteiger partial charge is 0.459 e. The molecule has 156 valence electrons. The van der Waals surface area contributed by atoms with Crippen molar-refractivity contribution in [2.45, 2.75) is 85.2 Å². The molecule has 4 saturated carbocycles. The number of fused-ring (bicyclic) bond motifs is 5. The number of esters is 1. The van der Waals surface area contributed by atoms with Gasteiger partial charge in [-0.3, -0.25) is 9.59 Å². The Hall–Kier alpha value is -1.19. The minimum absolute atomic E-state index is 0.00176. The highest BCUT2D eigenvalue weighted by Gasteiger charge is 2.67. The quantitative estimate of drug-likeness (QED) is 0.513. The molecule has 1 unspecified atom stereocenters. The van der Waals surface area contributed by atoms with E-state index in [0.29, 0.717) is 35.9 Å². The van der Waals surface area contributed by atoms with Gasteiger partial charge in [-0.25, -0.2) is 0 Å². The predicted molar refractivity (Wildman–Crippen MR) is 106 cm³/mol. The molecule has 0 heterocycles. The van der Waals surface area contributed by atoms with E-state index < -0.39 is 5.60 Å². The number of hydrogen-bond acceptors (Lipinski definition) is 4. The van der Waals surface area contributed by atoms with Crippen molar-refractivity contribution in [2.75, 3.05) is 0 Å². The molecule has 0 N–H and O–H groups in total.